The van der Waals surface area contributed by atoms with E-state index in [0.717, 1.165) is 23.5 Å². The Morgan fingerprint density at radius 2 is 2.43 bits per heavy atom. The number of nitrogen functional groups attached to an aromatic ring is 1. The highest BCUT2D eigenvalue weighted by atomic mass is 32.2. The van der Waals surface area contributed by atoms with E-state index >= 15 is 0 Å². The normalized spacial score (nSPS) is 21.4. The molecule has 0 amide bonds. The van der Waals surface area contributed by atoms with Crippen molar-refractivity contribution in [1.82, 2.24) is 4.57 Å². The van der Waals surface area contributed by atoms with E-state index in [1.54, 1.807) is 16.8 Å². The number of anilines is 1. The van der Waals surface area contributed by atoms with E-state index < -0.39 is 0 Å². The summed E-state index contributed by atoms with van der Waals surface area (Å²) in [7, 11) is 0. The average molecular weight is 210 g/mol. The van der Waals surface area contributed by atoms with Gasteiger partial charge >= 0.3 is 0 Å². The second-order valence-electron chi connectivity index (χ2n) is 3.67. The van der Waals surface area contributed by atoms with Crippen LogP contribution in [0.15, 0.2) is 17.1 Å². The van der Waals surface area contributed by atoms with E-state index in [9.17, 15) is 4.79 Å². The average Bonchev–Trinajstić information content (AvgIpc) is 2.64. The van der Waals surface area contributed by atoms with Crippen molar-refractivity contribution in [2.75, 3.05) is 17.2 Å². The summed E-state index contributed by atoms with van der Waals surface area (Å²) in [6, 6.07) is 1.97. The monoisotopic (exact) mass is 210 g/mol. The minimum atomic E-state index is 0.0733. The van der Waals surface area contributed by atoms with Gasteiger partial charge in [0, 0.05) is 24.1 Å². The van der Waals surface area contributed by atoms with Crippen molar-refractivity contribution in [3.05, 3.63) is 28.2 Å². The van der Waals surface area contributed by atoms with Crippen LogP contribution in [0, 0.1) is 6.92 Å². The Kier molecular flexibility index (Phi) is 2.54. The summed E-state index contributed by atoms with van der Waals surface area (Å²) in [5, 5.41) is 0. The van der Waals surface area contributed by atoms with Gasteiger partial charge in [-0.2, -0.15) is 11.8 Å². The molecule has 1 aliphatic rings. The molecule has 1 fully saturated rings. The molecule has 3 nitrogen and oxygen atoms in total. The molecule has 76 valence electrons. The minimum Gasteiger partial charge on any atom is -0.397 e. The Balaban J connectivity index is 2.42. The van der Waals surface area contributed by atoms with Crippen LogP contribution in [0.25, 0.3) is 0 Å². The van der Waals surface area contributed by atoms with Gasteiger partial charge in [-0.3, -0.25) is 4.79 Å². The predicted octanol–water partition coefficient (Wildman–Crippen LogP) is 1.42. The van der Waals surface area contributed by atoms with Gasteiger partial charge < -0.3 is 10.3 Å². The van der Waals surface area contributed by atoms with Gasteiger partial charge in [-0.25, -0.2) is 0 Å². The first-order valence-corrected chi connectivity index (χ1v) is 5.90. The lowest BCUT2D eigenvalue weighted by molar-refractivity contribution is 0.542. The SMILES string of the molecule is Cc1cc(=O)n(C2CCSC2)cc1N. The number of aryl methyl sites for hydroxylation is 1. The van der Waals surface area contributed by atoms with Crippen LogP contribution in [-0.4, -0.2) is 16.1 Å². The van der Waals surface area contributed by atoms with E-state index in [2.05, 4.69) is 0 Å². The molecule has 1 aromatic heterocycles. The Hall–Kier alpha value is -0.900. The van der Waals surface area contributed by atoms with Crippen molar-refractivity contribution < 1.29 is 0 Å². The Morgan fingerprint density at radius 1 is 1.64 bits per heavy atom. The van der Waals surface area contributed by atoms with Gasteiger partial charge in [0.1, 0.15) is 0 Å². The number of hydrogen-bond donors (Lipinski definition) is 1. The van der Waals surface area contributed by atoms with Gasteiger partial charge in [0.25, 0.3) is 5.56 Å². The van der Waals surface area contributed by atoms with Gasteiger partial charge in [0.15, 0.2) is 0 Å². The Morgan fingerprint density at radius 3 is 3.07 bits per heavy atom. The molecule has 1 atom stereocenters. The molecule has 1 aliphatic heterocycles. The number of rotatable bonds is 1. The van der Waals surface area contributed by atoms with Gasteiger partial charge in [-0.1, -0.05) is 0 Å². The third-order valence-corrected chi connectivity index (χ3v) is 3.77. The second kappa shape index (κ2) is 3.69. The maximum atomic E-state index is 11.7. The lowest BCUT2D eigenvalue weighted by Crippen LogP contribution is -2.24. The zero-order chi connectivity index (χ0) is 10.1. The third kappa shape index (κ3) is 1.66. The summed E-state index contributed by atoms with van der Waals surface area (Å²) in [6.45, 7) is 1.87. The quantitative estimate of drug-likeness (QED) is 0.762. The van der Waals surface area contributed by atoms with Crippen LogP contribution in [0.5, 0.6) is 0 Å². The van der Waals surface area contributed by atoms with Crippen molar-refractivity contribution >= 4 is 17.4 Å². The fourth-order valence-electron chi connectivity index (χ4n) is 1.69. The van der Waals surface area contributed by atoms with Crippen molar-refractivity contribution in [2.45, 2.75) is 19.4 Å². The Labute approximate surface area is 87.3 Å². The second-order valence-corrected chi connectivity index (χ2v) is 4.82. The number of nitrogens with zero attached hydrogens (tertiary/aromatic N) is 1. The molecular formula is C10H14N2OS. The van der Waals surface area contributed by atoms with Crippen LogP contribution in [0.4, 0.5) is 5.69 Å². The van der Waals surface area contributed by atoms with E-state index in [4.69, 9.17) is 5.73 Å². The Bertz CT molecular complexity index is 394. The lowest BCUT2D eigenvalue weighted by atomic mass is 10.2. The number of nitrogens with two attached hydrogens (primary N) is 1. The topological polar surface area (TPSA) is 48.0 Å². The molecule has 1 saturated heterocycles. The van der Waals surface area contributed by atoms with Gasteiger partial charge in [0.2, 0.25) is 0 Å². The van der Waals surface area contributed by atoms with E-state index in [-0.39, 0.29) is 5.56 Å². The first kappa shape index (κ1) is 9.65. The summed E-state index contributed by atoms with van der Waals surface area (Å²) in [5.41, 5.74) is 7.45. The molecule has 0 saturated carbocycles. The van der Waals surface area contributed by atoms with Crippen LogP contribution in [0.2, 0.25) is 0 Å². The summed E-state index contributed by atoms with van der Waals surface area (Å²) in [5.74, 6) is 2.17. The fourth-order valence-corrected chi connectivity index (χ4v) is 2.89. The summed E-state index contributed by atoms with van der Waals surface area (Å²) in [6.07, 6.45) is 2.86. The number of thioether (sulfide) groups is 1. The van der Waals surface area contributed by atoms with Crippen LogP contribution < -0.4 is 11.3 Å². The molecule has 2 rings (SSSR count). The molecule has 4 heteroatoms. The molecule has 1 unspecified atom stereocenters. The number of pyridine rings is 1. The molecule has 0 bridgehead atoms. The minimum absolute atomic E-state index is 0.0733. The number of hydrogen-bond acceptors (Lipinski definition) is 3. The number of aromatic nitrogens is 1. The van der Waals surface area contributed by atoms with Crippen LogP contribution in [0.1, 0.15) is 18.0 Å². The van der Waals surface area contributed by atoms with Crippen LogP contribution in [0.3, 0.4) is 0 Å². The molecule has 0 aromatic carbocycles. The summed E-state index contributed by atoms with van der Waals surface area (Å²) < 4.78 is 1.78. The maximum absolute atomic E-state index is 11.7. The molecule has 2 N–H and O–H groups in total. The van der Waals surface area contributed by atoms with Gasteiger partial charge in [-0.15, -0.1) is 0 Å². The van der Waals surface area contributed by atoms with E-state index in [1.165, 1.54) is 0 Å². The highest BCUT2D eigenvalue weighted by Crippen LogP contribution is 2.27. The molecule has 2 heterocycles. The summed E-state index contributed by atoms with van der Waals surface area (Å²) >= 11 is 1.90. The van der Waals surface area contributed by atoms with Gasteiger partial charge in [0.05, 0.1) is 5.69 Å². The van der Waals surface area contributed by atoms with Crippen molar-refractivity contribution in [1.29, 1.82) is 0 Å². The third-order valence-electron chi connectivity index (χ3n) is 2.63. The fraction of sp³-hybridized carbons (Fsp3) is 0.500. The molecule has 0 spiro atoms. The van der Waals surface area contributed by atoms with Gasteiger partial charge in [-0.05, 0) is 24.7 Å². The summed E-state index contributed by atoms with van der Waals surface area (Å²) in [4.78, 5) is 11.7. The molecule has 0 aliphatic carbocycles. The molecular weight excluding hydrogens is 196 g/mol. The van der Waals surface area contributed by atoms with Crippen molar-refractivity contribution in [2.24, 2.45) is 0 Å². The van der Waals surface area contributed by atoms with Crippen molar-refractivity contribution in [3.8, 4) is 0 Å². The molecule has 1 aromatic rings. The lowest BCUT2D eigenvalue weighted by Gasteiger charge is -2.13. The van der Waals surface area contributed by atoms with Crippen molar-refractivity contribution in [3.63, 3.8) is 0 Å². The maximum Gasteiger partial charge on any atom is 0.251 e. The molecule has 0 radical (unpaired) electrons. The zero-order valence-electron chi connectivity index (χ0n) is 8.19. The predicted molar refractivity (Wildman–Crippen MR) is 60.8 cm³/mol. The molecule has 14 heavy (non-hydrogen) atoms. The zero-order valence-corrected chi connectivity index (χ0v) is 9.01. The first-order chi connectivity index (χ1) is 6.68. The van der Waals surface area contributed by atoms with E-state index in [0.29, 0.717) is 11.7 Å². The van der Waals surface area contributed by atoms with Crippen LogP contribution in [-0.2, 0) is 0 Å². The smallest absolute Gasteiger partial charge is 0.251 e. The highest BCUT2D eigenvalue weighted by Gasteiger charge is 2.18. The first-order valence-electron chi connectivity index (χ1n) is 4.74. The standard InChI is InChI=1S/C10H14N2OS/c1-7-4-10(13)12(5-9(7)11)8-2-3-14-6-8/h4-5,8H,2-3,6,11H2,1H3. The highest BCUT2D eigenvalue weighted by molar-refractivity contribution is 7.99. The van der Waals surface area contributed by atoms with Crippen LogP contribution >= 0.6 is 11.8 Å². The largest absolute Gasteiger partial charge is 0.397 e. The van der Waals surface area contributed by atoms with E-state index in [1.807, 2.05) is 18.7 Å².